The zero-order valence-corrected chi connectivity index (χ0v) is 15.8. The van der Waals surface area contributed by atoms with Crippen LogP contribution >= 0.6 is 43.2 Å². The number of hydrogen-bond acceptors (Lipinski definition) is 3. The van der Waals surface area contributed by atoms with Gasteiger partial charge in [0.05, 0.1) is 4.90 Å². The monoisotopic (exact) mass is 449 g/mol. The Hall–Kier alpha value is -0.210. The van der Waals surface area contributed by atoms with E-state index in [0.29, 0.717) is 15.9 Å². The van der Waals surface area contributed by atoms with Crippen LogP contribution in [0.3, 0.4) is 0 Å². The molecule has 1 aliphatic rings. The highest BCUT2D eigenvalue weighted by Gasteiger charge is 2.39. The largest absolute Gasteiger partial charge is 0.244 e. The molecule has 1 heterocycles. The molecule has 2 aromatic rings. The molecule has 0 unspecified atom stereocenters. The first-order valence-corrected chi connectivity index (χ1v) is 10.4. The molecule has 3 nitrogen and oxygen atoms in total. The number of thiophene rings is 1. The van der Waals surface area contributed by atoms with Crippen molar-refractivity contribution in [1.82, 2.24) is 4.31 Å². The van der Waals surface area contributed by atoms with Crippen molar-refractivity contribution in [2.24, 2.45) is 0 Å². The number of nitrogens with zero attached hydrogens (tertiary/aromatic N) is 1. The fourth-order valence-corrected chi connectivity index (χ4v) is 6.30. The van der Waals surface area contributed by atoms with Gasteiger partial charge in [-0.1, -0.05) is 22.0 Å². The molecule has 1 fully saturated rings. The van der Waals surface area contributed by atoms with Crippen molar-refractivity contribution < 1.29 is 8.42 Å². The maximum atomic E-state index is 13.0. The van der Waals surface area contributed by atoms with Gasteiger partial charge in [0.25, 0.3) is 0 Å². The summed E-state index contributed by atoms with van der Waals surface area (Å²) in [6.45, 7) is 0.452. The zero-order valence-electron chi connectivity index (χ0n) is 11.0. The van der Waals surface area contributed by atoms with Gasteiger partial charge in [-0.05, 0) is 58.4 Å². The van der Waals surface area contributed by atoms with E-state index in [2.05, 4.69) is 31.9 Å². The Morgan fingerprint density at radius 1 is 1.24 bits per heavy atom. The predicted octanol–water partition coefficient (Wildman–Crippen LogP) is 4.63. The molecule has 0 atom stereocenters. The van der Waals surface area contributed by atoms with Crippen LogP contribution in [-0.2, 0) is 16.6 Å². The molecule has 7 heteroatoms. The van der Waals surface area contributed by atoms with Gasteiger partial charge in [-0.2, -0.15) is 4.31 Å². The van der Waals surface area contributed by atoms with Gasteiger partial charge in [0.15, 0.2) is 0 Å². The second-order valence-electron chi connectivity index (χ2n) is 4.94. The van der Waals surface area contributed by atoms with E-state index in [1.807, 2.05) is 17.5 Å². The van der Waals surface area contributed by atoms with E-state index in [4.69, 9.17) is 0 Å². The Balaban J connectivity index is 1.97. The van der Waals surface area contributed by atoms with E-state index < -0.39 is 10.0 Å². The molecule has 1 aromatic carbocycles. The molecule has 0 spiro atoms. The average Bonchev–Trinajstić information content (AvgIpc) is 3.11. The van der Waals surface area contributed by atoms with Crippen molar-refractivity contribution in [3.63, 3.8) is 0 Å². The minimum Gasteiger partial charge on any atom is -0.207 e. The van der Waals surface area contributed by atoms with Gasteiger partial charge in [-0.15, -0.1) is 11.3 Å². The molecule has 21 heavy (non-hydrogen) atoms. The topological polar surface area (TPSA) is 37.4 Å². The average molecular weight is 451 g/mol. The van der Waals surface area contributed by atoms with Crippen LogP contribution < -0.4 is 0 Å². The predicted molar refractivity (Wildman–Crippen MR) is 91.9 cm³/mol. The van der Waals surface area contributed by atoms with Crippen LogP contribution in [0, 0.1) is 0 Å². The fourth-order valence-electron chi connectivity index (χ4n) is 2.14. The Morgan fingerprint density at radius 2 is 2.00 bits per heavy atom. The Morgan fingerprint density at radius 3 is 2.57 bits per heavy atom. The first-order valence-electron chi connectivity index (χ1n) is 6.48. The third-order valence-electron chi connectivity index (χ3n) is 3.33. The van der Waals surface area contributed by atoms with Crippen molar-refractivity contribution in [1.29, 1.82) is 0 Å². The van der Waals surface area contributed by atoms with Crippen LogP contribution in [0.4, 0.5) is 0 Å². The second-order valence-corrected chi connectivity index (χ2v) is 9.60. The van der Waals surface area contributed by atoms with Crippen molar-refractivity contribution in [3.8, 4) is 0 Å². The molecular formula is C14H13Br2NO2S2. The molecule has 112 valence electrons. The summed E-state index contributed by atoms with van der Waals surface area (Å²) in [6, 6.07) is 9.23. The highest BCUT2D eigenvalue weighted by atomic mass is 79.9. The van der Waals surface area contributed by atoms with Gasteiger partial charge >= 0.3 is 0 Å². The van der Waals surface area contributed by atoms with Crippen LogP contribution in [0.1, 0.15) is 17.7 Å². The van der Waals surface area contributed by atoms with Crippen molar-refractivity contribution >= 4 is 53.2 Å². The van der Waals surface area contributed by atoms with Crippen molar-refractivity contribution in [2.75, 3.05) is 0 Å². The van der Waals surface area contributed by atoms with Crippen LogP contribution in [0.5, 0.6) is 0 Å². The van der Waals surface area contributed by atoms with Crippen LogP contribution in [0.15, 0.2) is 49.6 Å². The molecule has 0 saturated heterocycles. The highest BCUT2D eigenvalue weighted by Crippen LogP contribution is 2.36. The van der Waals surface area contributed by atoms with E-state index >= 15 is 0 Å². The summed E-state index contributed by atoms with van der Waals surface area (Å²) in [5.74, 6) is 0. The van der Waals surface area contributed by atoms with E-state index in [1.54, 1.807) is 33.8 Å². The van der Waals surface area contributed by atoms with E-state index in [1.165, 1.54) is 0 Å². The summed E-state index contributed by atoms with van der Waals surface area (Å²) in [5, 5.41) is 1.97. The Labute approximate surface area is 145 Å². The fraction of sp³-hybridized carbons (Fsp3) is 0.286. The molecule has 1 aromatic heterocycles. The van der Waals surface area contributed by atoms with Crippen molar-refractivity contribution in [2.45, 2.75) is 30.3 Å². The maximum absolute atomic E-state index is 13.0. The van der Waals surface area contributed by atoms with Gasteiger partial charge in [-0.25, -0.2) is 8.42 Å². The summed E-state index contributed by atoms with van der Waals surface area (Å²) >= 11 is 8.31. The summed E-state index contributed by atoms with van der Waals surface area (Å²) in [7, 11) is -3.49. The van der Waals surface area contributed by atoms with E-state index in [0.717, 1.165) is 22.2 Å². The lowest BCUT2D eigenvalue weighted by Gasteiger charge is -2.22. The molecule has 0 bridgehead atoms. The molecule has 3 rings (SSSR count). The number of sulfonamides is 1. The third kappa shape index (κ3) is 3.42. The summed E-state index contributed by atoms with van der Waals surface area (Å²) in [5.41, 5.74) is 0. The van der Waals surface area contributed by atoms with E-state index in [9.17, 15) is 8.42 Å². The normalized spacial score (nSPS) is 15.6. The number of hydrogen-bond donors (Lipinski definition) is 0. The lowest BCUT2D eigenvalue weighted by atomic mass is 10.4. The minimum atomic E-state index is -3.49. The molecule has 1 aliphatic carbocycles. The summed E-state index contributed by atoms with van der Waals surface area (Å²) in [6.07, 6.45) is 1.89. The Kier molecular flexibility index (Phi) is 4.57. The molecule has 1 saturated carbocycles. The first-order chi connectivity index (χ1) is 9.98. The number of rotatable bonds is 5. The van der Waals surface area contributed by atoms with Crippen LogP contribution in [0.25, 0.3) is 0 Å². The smallest absolute Gasteiger partial charge is 0.207 e. The van der Waals surface area contributed by atoms with Gasteiger partial charge in [0, 0.05) is 26.4 Å². The SMILES string of the molecule is O=S(=O)(c1ccc(Br)cc1Br)N(Cc1cccs1)C1CC1. The van der Waals surface area contributed by atoms with Gasteiger partial charge < -0.3 is 0 Å². The zero-order chi connectivity index (χ0) is 15.0. The van der Waals surface area contributed by atoms with Gasteiger partial charge in [-0.3, -0.25) is 0 Å². The highest BCUT2D eigenvalue weighted by molar-refractivity contribution is 9.11. The quantitative estimate of drug-likeness (QED) is 0.665. The van der Waals surface area contributed by atoms with Crippen LogP contribution in [0.2, 0.25) is 0 Å². The minimum absolute atomic E-state index is 0.132. The number of benzene rings is 1. The molecular weight excluding hydrogens is 438 g/mol. The maximum Gasteiger partial charge on any atom is 0.244 e. The standard InChI is InChI=1S/C14H13Br2NO2S2/c15-10-3-6-14(13(16)8-10)21(18,19)17(11-4-5-11)9-12-2-1-7-20-12/h1-3,6-8,11H,4-5,9H2. The number of halogens is 2. The van der Waals surface area contributed by atoms with Crippen LogP contribution in [-0.4, -0.2) is 18.8 Å². The van der Waals surface area contributed by atoms with Crippen molar-refractivity contribution in [3.05, 3.63) is 49.5 Å². The molecule has 0 amide bonds. The second kappa shape index (κ2) is 6.12. The van der Waals surface area contributed by atoms with Gasteiger partial charge in [0.2, 0.25) is 10.0 Å². The third-order valence-corrected chi connectivity index (χ3v) is 7.56. The lowest BCUT2D eigenvalue weighted by Crippen LogP contribution is -2.32. The van der Waals surface area contributed by atoms with E-state index in [-0.39, 0.29) is 6.04 Å². The van der Waals surface area contributed by atoms with Gasteiger partial charge in [0.1, 0.15) is 0 Å². The molecule has 0 aliphatic heterocycles. The lowest BCUT2D eigenvalue weighted by molar-refractivity contribution is 0.401. The first kappa shape index (κ1) is 15.7. The molecule has 0 N–H and O–H groups in total. The Bertz CT molecular complexity index is 740. The summed E-state index contributed by atoms with van der Waals surface area (Å²) in [4.78, 5) is 1.40. The summed E-state index contributed by atoms with van der Waals surface area (Å²) < 4.78 is 29.0. The molecule has 0 radical (unpaired) electrons.